The molecular formula is C16H30O4S. The molecule has 0 rings (SSSR count). The number of thiol groups is 1. The summed E-state index contributed by atoms with van der Waals surface area (Å²) in [5.74, 6) is -1.51. The Hall–Kier alpha value is -0.710. The monoisotopic (exact) mass is 318 g/mol. The maximum atomic E-state index is 10.6. The zero-order valence-electron chi connectivity index (χ0n) is 12.9. The van der Waals surface area contributed by atoms with Crippen molar-refractivity contribution in [1.82, 2.24) is 0 Å². The van der Waals surface area contributed by atoms with Crippen LogP contribution in [-0.2, 0) is 9.59 Å². The highest BCUT2D eigenvalue weighted by Gasteiger charge is 2.10. The van der Waals surface area contributed by atoms with Crippen molar-refractivity contribution >= 4 is 24.6 Å². The van der Waals surface area contributed by atoms with E-state index in [1.165, 1.54) is 38.5 Å². The lowest BCUT2D eigenvalue weighted by atomic mass is 10.0. The minimum Gasteiger partial charge on any atom is -0.481 e. The van der Waals surface area contributed by atoms with Gasteiger partial charge in [0.2, 0.25) is 0 Å². The number of carbonyl (C=O) groups is 2. The number of rotatable bonds is 15. The quantitative estimate of drug-likeness (QED) is 0.306. The van der Waals surface area contributed by atoms with Crippen molar-refractivity contribution in [1.29, 1.82) is 0 Å². The van der Waals surface area contributed by atoms with E-state index in [1.54, 1.807) is 0 Å². The second kappa shape index (κ2) is 14.2. The molecule has 5 heteroatoms. The van der Waals surface area contributed by atoms with Crippen LogP contribution in [0.15, 0.2) is 0 Å². The van der Waals surface area contributed by atoms with E-state index in [0.29, 0.717) is 12.8 Å². The van der Waals surface area contributed by atoms with E-state index < -0.39 is 17.2 Å². The van der Waals surface area contributed by atoms with Gasteiger partial charge in [-0.2, -0.15) is 12.6 Å². The van der Waals surface area contributed by atoms with Gasteiger partial charge in [0, 0.05) is 6.42 Å². The Bertz CT molecular complexity index is 281. The normalized spacial score (nSPS) is 12.2. The number of carboxylic acids is 2. The van der Waals surface area contributed by atoms with Crippen LogP contribution >= 0.6 is 12.6 Å². The van der Waals surface area contributed by atoms with Crippen LogP contribution in [-0.4, -0.2) is 27.4 Å². The van der Waals surface area contributed by atoms with Crippen LogP contribution in [0.4, 0.5) is 0 Å². The second-order valence-electron chi connectivity index (χ2n) is 5.68. The third-order valence-corrected chi connectivity index (χ3v) is 4.13. The van der Waals surface area contributed by atoms with Crippen molar-refractivity contribution in [3.63, 3.8) is 0 Å². The van der Waals surface area contributed by atoms with E-state index in [-0.39, 0.29) is 0 Å². The largest absolute Gasteiger partial charge is 0.481 e. The molecule has 0 heterocycles. The smallest absolute Gasteiger partial charge is 0.316 e. The zero-order valence-corrected chi connectivity index (χ0v) is 13.8. The second-order valence-corrected chi connectivity index (χ2v) is 6.30. The highest BCUT2D eigenvalue weighted by molar-refractivity contribution is 7.81. The first kappa shape index (κ1) is 20.3. The lowest BCUT2D eigenvalue weighted by Gasteiger charge is -2.05. The van der Waals surface area contributed by atoms with Crippen LogP contribution < -0.4 is 0 Å². The molecule has 0 bridgehead atoms. The van der Waals surface area contributed by atoms with Gasteiger partial charge in [-0.1, -0.05) is 64.2 Å². The molecule has 4 nitrogen and oxygen atoms in total. The van der Waals surface area contributed by atoms with Crippen molar-refractivity contribution in [3.8, 4) is 0 Å². The molecule has 0 saturated carbocycles. The molecule has 0 aromatic heterocycles. The molecule has 0 aromatic rings. The molecular weight excluding hydrogens is 288 g/mol. The molecule has 0 aliphatic heterocycles. The van der Waals surface area contributed by atoms with Crippen molar-refractivity contribution in [2.45, 2.75) is 88.7 Å². The first-order valence-electron chi connectivity index (χ1n) is 8.16. The maximum absolute atomic E-state index is 10.6. The number of aliphatic carboxylic acids is 2. The van der Waals surface area contributed by atoms with Gasteiger partial charge >= 0.3 is 11.9 Å². The summed E-state index contributed by atoms with van der Waals surface area (Å²) >= 11 is 4.01. The van der Waals surface area contributed by atoms with Crippen molar-refractivity contribution in [2.24, 2.45) is 0 Å². The van der Waals surface area contributed by atoms with Crippen LogP contribution in [0.2, 0.25) is 0 Å². The van der Waals surface area contributed by atoms with Crippen molar-refractivity contribution < 1.29 is 19.8 Å². The molecule has 2 N–H and O–H groups in total. The molecule has 0 spiro atoms. The predicted octanol–water partition coefficient (Wildman–Crippen LogP) is 4.53. The third-order valence-electron chi connectivity index (χ3n) is 3.65. The lowest BCUT2D eigenvalue weighted by molar-refractivity contribution is -0.137. The molecule has 0 aliphatic rings. The van der Waals surface area contributed by atoms with Gasteiger partial charge in [-0.05, 0) is 12.8 Å². The minimum absolute atomic E-state index is 0.301. The molecule has 1 atom stereocenters. The van der Waals surface area contributed by atoms with Crippen molar-refractivity contribution in [2.75, 3.05) is 0 Å². The molecule has 0 radical (unpaired) electrons. The van der Waals surface area contributed by atoms with E-state index in [2.05, 4.69) is 12.6 Å². The third kappa shape index (κ3) is 15.5. The van der Waals surface area contributed by atoms with Crippen LogP contribution in [0.25, 0.3) is 0 Å². The number of carboxylic acid groups (broad SMARTS) is 2. The average Bonchev–Trinajstić information content (AvgIpc) is 2.43. The molecule has 0 aromatic carbocycles. The SMILES string of the molecule is O=C(O)CCCCCCCCCCCCC[C@H](S)C(=O)O. The first-order valence-corrected chi connectivity index (χ1v) is 8.68. The fourth-order valence-electron chi connectivity index (χ4n) is 2.33. The summed E-state index contributed by atoms with van der Waals surface area (Å²) in [4.78, 5) is 20.9. The van der Waals surface area contributed by atoms with Gasteiger partial charge in [0.05, 0.1) is 5.25 Å². The minimum atomic E-state index is -0.818. The molecule has 0 unspecified atom stereocenters. The summed E-state index contributed by atoms with van der Waals surface area (Å²) in [7, 11) is 0. The van der Waals surface area contributed by atoms with Gasteiger partial charge < -0.3 is 10.2 Å². The fourth-order valence-corrected chi connectivity index (χ4v) is 2.51. The Labute approximate surface area is 133 Å². The van der Waals surface area contributed by atoms with Crippen LogP contribution in [0, 0.1) is 0 Å². The molecule has 0 aliphatic carbocycles. The Balaban J connectivity index is 3.09. The van der Waals surface area contributed by atoms with Crippen LogP contribution in [0.1, 0.15) is 83.5 Å². The number of hydrogen-bond donors (Lipinski definition) is 3. The van der Waals surface area contributed by atoms with Gasteiger partial charge in [0.25, 0.3) is 0 Å². The summed E-state index contributed by atoms with van der Waals surface area (Å²) in [6, 6.07) is 0. The zero-order chi connectivity index (χ0) is 15.9. The first-order chi connectivity index (χ1) is 10.0. The van der Waals surface area contributed by atoms with E-state index in [9.17, 15) is 9.59 Å². The maximum Gasteiger partial charge on any atom is 0.316 e. The Morgan fingerprint density at radius 1 is 0.714 bits per heavy atom. The summed E-state index contributed by atoms with van der Waals surface area (Å²) in [5, 5.41) is 16.7. The standard InChI is InChI=1S/C16H30O4S/c17-15(18)13-11-9-7-5-3-1-2-4-6-8-10-12-14(21)16(19)20/h14,21H,1-13H2,(H,17,18)(H,19,20)/t14-/m0/s1. The van der Waals surface area contributed by atoms with Gasteiger partial charge in [-0.15, -0.1) is 0 Å². The van der Waals surface area contributed by atoms with E-state index >= 15 is 0 Å². The Morgan fingerprint density at radius 3 is 1.48 bits per heavy atom. The lowest BCUT2D eigenvalue weighted by Crippen LogP contribution is -2.12. The fraction of sp³-hybridized carbons (Fsp3) is 0.875. The molecule has 21 heavy (non-hydrogen) atoms. The van der Waals surface area contributed by atoms with Gasteiger partial charge in [0.15, 0.2) is 0 Å². The molecule has 0 saturated heterocycles. The van der Waals surface area contributed by atoms with Gasteiger partial charge in [-0.25, -0.2) is 0 Å². The topological polar surface area (TPSA) is 74.6 Å². The van der Waals surface area contributed by atoms with E-state index in [4.69, 9.17) is 10.2 Å². The Kier molecular flexibility index (Phi) is 13.8. The summed E-state index contributed by atoms with van der Waals surface area (Å²) in [6.45, 7) is 0. The van der Waals surface area contributed by atoms with Crippen LogP contribution in [0.5, 0.6) is 0 Å². The van der Waals surface area contributed by atoms with Crippen LogP contribution in [0.3, 0.4) is 0 Å². The molecule has 0 fully saturated rings. The highest BCUT2D eigenvalue weighted by atomic mass is 32.1. The van der Waals surface area contributed by atoms with E-state index in [0.717, 1.165) is 32.1 Å². The van der Waals surface area contributed by atoms with Gasteiger partial charge in [0.1, 0.15) is 0 Å². The van der Waals surface area contributed by atoms with E-state index in [1.807, 2.05) is 0 Å². The van der Waals surface area contributed by atoms with Crippen molar-refractivity contribution in [3.05, 3.63) is 0 Å². The molecule has 124 valence electrons. The summed E-state index contributed by atoms with van der Waals surface area (Å²) in [5.41, 5.74) is 0. The number of unbranched alkanes of at least 4 members (excludes halogenated alkanes) is 10. The average molecular weight is 318 g/mol. The van der Waals surface area contributed by atoms with Gasteiger partial charge in [-0.3, -0.25) is 9.59 Å². The summed E-state index contributed by atoms with van der Waals surface area (Å²) in [6.07, 6.45) is 13.3. The predicted molar refractivity (Wildman–Crippen MR) is 88.1 cm³/mol. The Morgan fingerprint density at radius 2 is 1.10 bits per heavy atom. The highest BCUT2D eigenvalue weighted by Crippen LogP contribution is 2.14. The molecule has 0 amide bonds. The number of hydrogen-bond acceptors (Lipinski definition) is 3. The summed E-state index contributed by atoms with van der Waals surface area (Å²) < 4.78 is 0.